The Bertz CT molecular complexity index is 944. The van der Waals surface area contributed by atoms with Crippen LogP contribution in [0, 0.1) is 0 Å². The third kappa shape index (κ3) is 2.21. The van der Waals surface area contributed by atoms with E-state index < -0.39 is 11.1 Å². The van der Waals surface area contributed by atoms with Crippen molar-refractivity contribution in [1.29, 1.82) is 0 Å². The summed E-state index contributed by atoms with van der Waals surface area (Å²) in [5.41, 5.74) is -0.322. The first-order valence-electron chi connectivity index (χ1n) is 6.27. The summed E-state index contributed by atoms with van der Waals surface area (Å²) in [6.45, 7) is 0.162. The first-order valence-corrected chi connectivity index (χ1v) is 6.64. The number of para-hydroxylation sites is 2. The van der Waals surface area contributed by atoms with Crippen molar-refractivity contribution in [3.63, 3.8) is 0 Å². The van der Waals surface area contributed by atoms with Gasteiger partial charge in [-0.2, -0.15) is 0 Å². The van der Waals surface area contributed by atoms with E-state index in [1.807, 2.05) is 6.07 Å². The predicted octanol–water partition coefficient (Wildman–Crippen LogP) is 2.10. The summed E-state index contributed by atoms with van der Waals surface area (Å²) in [6, 6.07) is 13.7. The Hall–Kier alpha value is -2.53. The molecule has 1 heterocycles. The standard InChI is InChI=1S/C15H11ClN2O3/c16-11-6-2-1-5-10(11)9-17-12-7-3-4-8-13(12)18(21)15(20)14(17)19/h1-8,21H,9H2. The Balaban J connectivity index is 2.31. The third-order valence-corrected chi connectivity index (χ3v) is 3.68. The van der Waals surface area contributed by atoms with Crippen LogP contribution in [0.25, 0.3) is 11.0 Å². The molecule has 0 radical (unpaired) electrons. The molecule has 0 atom stereocenters. The lowest BCUT2D eigenvalue weighted by Crippen LogP contribution is -2.41. The van der Waals surface area contributed by atoms with Crippen LogP contribution >= 0.6 is 11.6 Å². The number of hydrogen-bond acceptors (Lipinski definition) is 3. The van der Waals surface area contributed by atoms with Crippen molar-refractivity contribution in [3.8, 4) is 0 Å². The van der Waals surface area contributed by atoms with E-state index in [0.717, 1.165) is 5.56 Å². The molecule has 0 saturated carbocycles. The Labute approximate surface area is 124 Å². The van der Waals surface area contributed by atoms with Gasteiger partial charge in [0, 0.05) is 5.02 Å². The van der Waals surface area contributed by atoms with Gasteiger partial charge in [0.05, 0.1) is 12.1 Å². The van der Waals surface area contributed by atoms with Gasteiger partial charge in [-0.3, -0.25) is 14.2 Å². The van der Waals surface area contributed by atoms with Crippen molar-refractivity contribution in [1.82, 2.24) is 9.30 Å². The number of benzene rings is 2. The van der Waals surface area contributed by atoms with Gasteiger partial charge in [-0.15, -0.1) is 4.73 Å². The highest BCUT2D eigenvalue weighted by molar-refractivity contribution is 6.31. The van der Waals surface area contributed by atoms with Crippen LogP contribution in [-0.4, -0.2) is 14.5 Å². The molecule has 1 N–H and O–H groups in total. The smallest absolute Gasteiger partial charge is 0.349 e. The van der Waals surface area contributed by atoms with Gasteiger partial charge in [0.1, 0.15) is 5.52 Å². The van der Waals surface area contributed by atoms with Crippen LogP contribution in [0.5, 0.6) is 0 Å². The Morgan fingerprint density at radius 3 is 2.24 bits per heavy atom. The molecular formula is C15H11ClN2O3. The van der Waals surface area contributed by atoms with Gasteiger partial charge in [0.15, 0.2) is 0 Å². The number of halogens is 1. The third-order valence-electron chi connectivity index (χ3n) is 3.31. The quantitative estimate of drug-likeness (QED) is 0.582. The fourth-order valence-corrected chi connectivity index (χ4v) is 2.45. The van der Waals surface area contributed by atoms with Crippen LogP contribution < -0.4 is 11.1 Å². The van der Waals surface area contributed by atoms with Crippen LogP contribution in [0.15, 0.2) is 58.1 Å². The lowest BCUT2D eigenvalue weighted by Gasteiger charge is -2.12. The molecule has 106 valence electrons. The average molecular weight is 303 g/mol. The lowest BCUT2D eigenvalue weighted by molar-refractivity contribution is 0.185. The number of nitrogens with zero attached hydrogens (tertiary/aromatic N) is 2. The van der Waals surface area contributed by atoms with Crippen molar-refractivity contribution in [3.05, 3.63) is 79.8 Å². The molecule has 0 amide bonds. The topological polar surface area (TPSA) is 64.2 Å². The summed E-state index contributed by atoms with van der Waals surface area (Å²) < 4.78 is 1.69. The highest BCUT2D eigenvalue weighted by Crippen LogP contribution is 2.17. The fourth-order valence-electron chi connectivity index (χ4n) is 2.25. The molecule has 5 nitrogen and oxygen atoms in total. The minimum atomic E-state index is -0.985. The molecule has 3 aromatic rings. The molecule has 0 saturated heterocycles. The van der Waals surface area contributed by atoms with E-state index in [9.17, 15) is 14.8 Å². The lowest BCUT2D eigenvalue weighted by atomic mass is 10.2. The van der Waals surface area contributed by atoms with Crippen LogP contribution in [0.3, 0.4) is 0 Å². The molecule has 2 aromatic carbocycles. The van der Waals surface area contributed by atoms with Crippen LogP contribution in [0.4, 0.5) is 0 Å². The van der Waals surface area contributed by atoms with E-state index in [4.69, 9.17) is 11.6 Å². The summed E-state index contributed by atoms with van der Waals surface area (Å²) in [5.74, 6) is 0. The van der Waals surface area contributed by atoms with E-state index >= 15 is 0 Å². The summed E-state index contributed by atoms with van der Waals surface area (Å²) in [6.07, 6.45) is 0. The first kappa shape index (κ1) is 13.5. The molecular weight excluding hydrogens is 292 g/mol. The van der Waals surface area contributed by atoms with Crippen molar-refractivity contribution in [2.24, 2.45) is 0 Å². The van der Waals surface area contributed by atoms with Crippen LogP contribution in [0.1, 0.15) is 5.56 Å². The monoisotopic (exact) mass is 302 g/mol. The Kier molecular flexibility index (Phi) is 3.27. The van der Waals surface area contributed by atoms with Crippen molar-refractivity contribution >= 4 is 22.6 Å². The molecule has 0 aliphatic heterocycles. The first-order chi connectivity index (χ1) is 10.1. The van der Waals surface area contributed by atoms with Crippen molar-refractivity contribution < 1.29 is 5.21 Å². The average Bonchev–Trinajstić information content (AvgIpc) is 2.51. The number of hydrogen-bond donors (Lipinski definition) is 1. The second-order valence-electron chi connectivity index (χ2n) is 4.59. The largest absolute Gasteiger partial charge is 0.425 e. The molecule has 0 spiro atoms. The second-order valence-corrected chi connectivity index (χ2v) is 5.00. The van der Waals surface area contributed by atoms with Crippen LogP contribution in [-0.2, 0) is 6.54 Å². The minimum absolute atomic E-state index is 0.162. The maximum atomic E-state index is 12.1. The van der Waals surface area contributed by atoms with E-state index in [2.05, 4.69) is 0 Å². The predicted molar refractivity (Wildman–Crippen MR) is 80.2 cm³/mol. The Morgan fingerprint density at radius 2 is 1.52 bits per heavy atom. The van der Waals surface area contributed by atoms with Gasteiger partial charge in [-0.25, -0.2) is 0 Å². The number of fused-ring (bicyclic) bond motifs is 1. The van der Waals surface area contributed by atoms with Gasteiger partial charge < -0.3 is 5.21 Å². The fraction of sp³-hybridized carbons (Fsp3) is 0.0667. The van der Waals surface area contributed by atoms with E-state index in [0.29, 0.717) is 15.3 Å². The molecule has 6 heteroatoms. The van der Waals surface area contributed by atoms with E-state index in [1.54, 1.807) is 42.5 Å². The van der Waals surface area contributed by atoms with E-state index in [1.165, 1.54) is 4.57 Å². The van der Waals surface area contributed by atoms with Crippen molar-refractivity contribution in [2.75, 3.05) is 0 Å². The van der Waals surface area contributed by atoms with Crippen molar-refractivity contribution in [2.45, 2.75) is 6.54 Å². The van der Waals surface area contributed by atoms with Gasteiger partial charge in [-0.05, 0) is 23.8 Å². The zero-order valence-corrected chi connectivity index (χ0v) is 11.6. The zero-order valence-electron chi connectivity index (χ0n) is 10.9. The molecule has 0 fully saturated rings. The molecule has 0 aliphatic carbocycles. The maximum Gasteiger partial charge on any atom is 0.349 e. The van der Waals surface area contributed by atoms with Gasteiger partial charge in [-0.1, -0.05) is 41.9 Å². The van der Waals surface area contributed by atoms with Gasteiger partial charge in [0.2, 0.25) is 0 Å². The molecule has 0 bridgehead atoms. The summed E-state index contributed by atoms with van der Waals surface area (Å²) in [5, 5.41) is 10.3. The maximum absolute atomic E-state index is 12.1. The van der Waals surface area contributed by atoms with Crippen LogP contribution in [0.2, 0.25) is 5.02 Å². The highest BCUT2D eigenvalue weighted by atomic mass is 35.5. The van der Waals surface area contributed by atoms with Gasteiger partial charge in [0.25, 0.3) is 0 Å². The molecule has 21 heavy (non-hydrogen) atoms. The molecule has 0 aliphatic rings. The zero-order chi connectivity index (χ0) is 15.0. The summed E-state index contributed by atoms with van der Waals surface area (Å²) >= 11 is 6.10. The molecule has 0 unspecified atom stereocenters. The Morgan fingerprint density at radius 1 is 0.905 bits per heavy atom. The number of rotatable bonds is 2. The summed E-state index contributed by atoms with van der Waals surface area (Å²) in [4.78, 5) is 24.0. The van der Waals surface area contributed by atoms with Gasteiger partial charge >= 0.3 is 11.1 Å². The highest BCUT2D eigenvalue weighted by Gasteiger charge is 2.13. The molecule has 3 rings (SSSR count). The SMILES string of the molecule is O=c1c(=O)n(Cc2ccccc2Cl)c2ccccc2n1O. The normalized spacial score (nSPS) is 10.9. The second kappa shape index (κ2) is 5.10. The van der Waals surface area contributed by atoms with E-state index in [-0.39, 0.29) is 12.1 Å². The summed E-state index contributed by atoms with van der Waals surface area (Å²) in [7, 11) is 0. The molecule has 1 aromatic heterocycles. The number of aromatic nitrogens is 2. The minimum Gasteiger partial charge on any atom is -0.425 e.